The van der Waals surface area contributed by atoms with Crippen molar-refractivity contribution >= 4 is 34.3 Å². The lowest BCUT2D eigenvalue weighted by molar-refractivity contribution is 0.697. The zero-order valence-electron chi connectivity index (χ0n) is 8.20. The second kappa shape index (κ2) is 5.66. The fourth-order valence-corrected chi connectivity index (χ4v) is 3.08. The van der Waals surface area contributed by atoms with Gasteiger partial charge in [-0.2, -0.15) is 0 Å². The van der Waals surface area contributed by atoms with Crippen molar-refractivity contribution in [3.63, 3.8) is 0 Å². The van der Waals surface area contributed by atoms with Crippen LogP contribution in [0.15, 0.2) is 29.6 Å². The molecule has 4 heteroatoms. The Morgan fingerprint density at radius 3 is 2.80 bits per heavy atom. The predicted octanol–water partition coefficient (Wildman–Crippen LogP) is 3.80. The summed E-state index contributed by atoms with van der Waals surface area (Å²) in [4.78, 5) is 2.73. The zero-order chi connectivity index (χ0) is 10.5. The number of halogens is 1. The van der Waals surface area contributed by atoms with Gasteiger partial charge >= 0.3 is 0 Å². The molecule has 1 nitrogen and oxygen atoms in total. The maximum atomic E-state index is 5.85. The lowest BCUT2D eigenvalue weighted by Crippen LogP contribution is -2.15. The first-order chi connectivity index (χ1) is 7.34. The summed E-state index contributed by atoms with van der Waals surface area (Å²) in [5.74, 6) is 0. The molecule has 80 valence electrons. The van der Waals surface area contributed by atoms with Crippen molar-refractivity contribution in [3.8, 4) is 0 Å². The SMILES string of the molecule is Clc1ccc(CCNCc2cccs2)s1. The first-order valence-corrected chi connectivity index (χ1v) is 6.89. The van der Waals surface area contributed by atoms with Gasteiger partial charge in [-0.1, -0.05) is 17.7 Å². The molecule has 2 aromatic rings. The Bertz CT molecular complexity index is 394. The average molecular weight is 258 g/mol. The second-order valence-electron chi connectivity index (χ2n) is 3.21. The minimum Gasteiger partial charge on any atom is -0.311 e. The highest BCUT2D eigenvalue weighted by molar-refractivity contribution is 7.16. The molecule has 0 atom stereocenters. The van der Waals surface area contributed by atoms with E-state index in [0.29, 0.717) is 0 Å². The second-order valence-corrected chi connectivity index (χ2v) is 6.04. The summed E-state index contributed by atoms with van der Waals surface area (Å²) in [5, 5.41) is 5.53. The fourth-order valence-electron chi connectivity index (χ4n) is 1.32. The number of hydrogen-bond donors (Lipinski definition) is 1. The molecule has 0 saturated heterocycles. The topological polar surface area (TPSA) is 12.0 Å². The lowest BCUT2D eigenvalue weighted by atomic mass is 10.3. The third-order valence-corrected chi connectivity index (χ3v) is 4.22. The van der Waals surface area contributed by atoms with Gasteiger partial charge in [0.2, 0.25) is 0 Å². The van der Waals surface area contributed by atoms with Crippen LogP contribution in [0.2, 0.25) is 4.34 Å². The van der Waals surface area contributed by atoms with Crippen LogP contribution in [-0.4, -0.2) is 6.54 Å². The lowest BCUT2D eigenvalue weighted by Gasteiger charge is -2.00. The highest BCUT2D eigenvalue weighted by Gasteiger charge is 1.97. The van der Waals surface area contributed by atoms with Crippen LogP contribution in [0.3, 0.4) is 0 Å². The standard InChI is InChI=1S/C11H12ClNS2/c12-11-4-3-9(15-11)5-6-13-8-10-2-1-7-14-10/h1-4,7,13H,5-6,8H2. The Hall–Kier alpha value is -0.350. The van der Waals surface area contributed by atoms with Crippen molar-refractivity contribution in [1.82, 2.24) is 5.32 Å². The van der Waals surface area contributed by atoms with Crippen LogP contribution in [0.25, 0.3) is 0 Å². The van der Waals surface area contributed by atoms with Gasteiger partial charge in [0.15, 0.2) is 0 Å². The molecule has 0 spiro atoms. The Kier molecular flexibility index (Phi) is 4.20. The highest BCUT2D eigenvalue weighted by Crippen LogP contribution is 2.21. The molecule has 0 aromatic carbocycles. The van der Waals surface area contributed by atoms with Gasteiger partial charge in [-0.05, 0) is 30.0 Å². The predicted molar refractivity (Wildman–Crippen MR) is 69.1 cm³/mol. The van der Waals surface area contributed by atoms with Gasteiger partial charge in [-0.15, -0.1) is 22.7 Å². The van der Waals surface area contributed by atoms with Gasteiger partial charge in [-0.3, -0.25) is 0 Å². The number of hydrogen-bond acceptors (Lipinski definition) is 3. The van der Waals surface area contributed by atoms with E-state index in [0.717, 1.165) is 23.8 Å². The summed E-state index contributed by atoms with van der Waals surface area (Å²) < 4.78 is 0.878. The van der Waals surface area contributed by atoms with Crippen LogP contribution < -0.4 is 5.32 Å². The molecule has 0 saturated carbocycles. The van der Waals surface area contributed by atoms with Gasteiger partial charge < -0.3 is 5.32 Å². The number of thiophene rings is 2. The molecule has 1 N–H and O–H groups in total. The van der Waals surface area contributed by atoms with Gasteiger partial charge in [0.25, 0.3) is 0 Å². The van der Waals surface area contributed by atoms with E-state index in [2.05, 4.69) is 28.9 Å². The largest absolute Gasteiger partial charge is 0.311 e. The van der Waals surface area contributed by atoms with Crippen molar-refractivity contribution in [3.05, 3.63) is 43.7 Å². The molecule has 0 fully saturated rings. The molecule has 0 aliphatic heterocycles. The van der Waals surface area contributed by atoms with Gasteiger partial charge in [0.05, 0.1) is 4.34 Å². The molecule has 0 radical (unpaired) electrons. The summed E-state index contributed by atoms with van der Waals surface area (Å²) >= 11 is 9.31. The first-order valence-electron chi connectivity index (χ1n) is 4.82. The average Bonchev–Trinajstić information content (AvgIpc) is 2.84. The maximum Gasteiger partial charge on any atom is 0.0931 e. The van der Waals surface area contributed by atoms with E-state index in [-0.39, 0.29) is 0 Å². The van der Waals surface area contributed by atoms with E-state index in [4.69, 9.17) is 11.6 Å². The molecule has 2 heterocycles. The summed E-state index contributed by atoms with van der Waals surface area (Å²) in [6, 6.07) is 8.29. The van der Waals surface area contributed by atoms with Crippen molar-refractivity contribution in [2.45, 2.75) is 13.0 Å². The van der Waals surface area contributed by atoms with Crippen LogP contribution in [0.5, 0.6) is 0 Å². The van der Waals surface area contributed by atoms with Gasteiger partial charge in [0, 0.05) is 22.8 Å². The Morgan fingerprint density at radius 2 is 2.13 bits per heavy atom. The van der Waals surface area contributed by atoms with Crippen LogP contribution >= 0.6 is 34.3 Å². The van der Waals surface area contributed by atoms with Crippen LogP contribution in [-0.2, 0) is 13.0 Å². The van der Waals surface area contributed by atoms with E-state index in [1.54, 1.807) is 22.7 Å². The van der Waals surface area contributed by atoms with Gasteiger partial charge in [-0.25, -0.2) is 0 Å². The molecule has 2 rings (SSSR count). The zero-order valence-corrected chi connectivity index (χ0v) is 10.6. The van der Waals surface area contributed by atoms with Crippen molar-refractivity contribution in [1.29, 1.82) is 0 Å². The van der Waals surface area contributed by atoms with Crippen LogP contribution in [0.1, 0.15) is 9.75 Å². The number of rotatable bonds is 5. The molecule has 0 aliphatic rings. The quantitative estimate of drug-likeness (QED) is 0.804. The molecule has 0 unspecified atom stereocenters. The third kappa shape index (κ3) is 3.61. The van der Waals surface area contributed by atoms with Gasteiger partial charge in [0.1, 0.15) is 0 Å². The normalized spacial score (nSPS) is 10.7. The first kappa shape index (κ1) is 11.1. The molecular formula is C11H12ClNS2. The van der Waals surface area contributed by atoms with E-state index in [9.17, 15) is 0 Å². The van der Waals surface area contributed by atoms with E-state index in [1.165, 1.54) is 9.75 Å². The highest BCUT2D eigenvalue weighted by atomic mass is 35.5. The van der Waals surface area contributed by atoms with E-state index < -0.39 is 0 Å². The Morgan fingerprint density at radius 1 is 1.20 bits per heavy atom. The Labute approximate surface area is 103 Å². The molecular weight excluding hydrogens is 246 g/mol. The monoisotopic (exact) mass is 257 g/mol. The van der Waals surface area contributed by atoms with Crippen LogP contribution in [0, 0.1) is 0 Å². The maximum absolute atomic E-state index is 5.85. The fraction of sp³-hybridized carbons (Fsp3) is 0.273. The minimum atomic E-state index is 0.878. The molecule has 0 aliphatic carbocycles. The summed E-state index contributed by atoms with van der Waals surface area (Å²) in [6.07, 6.45) is 1.06. The Balaban J connectivity index is 1.67. The molecule has 0 amide bonds. The molecule has 0 bridgehead atoms. The molecule has 15 heavy (non-hydrogen) atoms. The van der Waals surface area contributed by atoms with Crippen molar-refractivity contribution in [2.24, 2.45) is 0 Å². The smallest absolute Gasteiger partial charge is 0.0931 e. The summed E-state index contributed by atoms with van der Waals surface area (Å²) in [6.45, 7) is 1.98. The minimum absolute atomic E-state index is 0.878. The number of nitrogens with one attached hydrogen (secondary N) is 1. The van der Waals surface area contributed by atoms with Crippen molar-refractivity contribution in [2.75, 3.05) is 6.54 Å². The van der Waals surface area contributed by atoms with E-state index in [1.807, 2.05) is 6.07 Å². The van der Waals surface area contributed by atoms with E-state index >= 15 is 0 Å². The molecule has 2 aromatic heterocycles. The summed E-state index contributed by atoms with van der Waals surface area (Å²) in [7, 11) is 0. The van der Waals surface area contributed by atoms with Crippen LogP contribution in [0.4, 0.5) is 0 Å². The van der Waals surface area contributed by atoms with Crippen molar-refractivity contribution < 1.29 is 0 Å². The summed E-state index contributed by atoms with van der Waals surface area (Å²) in [5.41, 5.74) is 0. The third-order valence-electron chi connectivity index (χ3n) is 2.06.